The van der Waals surface area contributed by atoms with Crippen LogP contribution in [0.15, 0.2) is 42.5 Å². The topological polar surface area (TPSA) is 98.8 Å². The molecular weight excluding hydrogens is 376 g/mol. The highest BCUT2D eigenvalue weighted by Crippen LogP contribution is 2.32. The number of carbonyl (C=O) groups excluding carboxylic acids is 3. The molecule has 2 aliphatic heterocycles. The molecule has 1 atom stereocenters. The molecule has 4 rings (SSSR count). The van der Waals surface area contributed by atoms with Crippen LogP contribution in [0.4, 0.5) is 5.69 Å². The van der Waals surface area contributed by atoms with Crippen molar-refractivity contribution in [2.24, 2.45) is 0 Å². The molecule has 2 N–H and O–H groups in total. The zero-order valence-electron chi connectivity index (χ0n) is 15.9. The number of benzene rings is 2. The van der Waals surface area contributed by atoms with Gasteiger partial charge in [-0.1, -0.05) is 0 Å². The summed E-state index contributed by atoms with van der Waals surface area (Å²) in [4.78, 5) is 38.2. The second-order valence-corrected chi connectivity index (χ2v) is 6.77. The summed E-state index contributed by atoms with van der Waals surface area (Å²) in [5.74, 6) is 0.435. The number of nitrogens with zero attached hydrogens (tertiary/aromatic N) is 1. The zero-order chi connectivity index (χ0) is 20.4. The second kappa shape index (κ2) is 7.92. The lowest BCUT2D eigenvalue weighted by Crippen LogP contribution is -2.90. The summed E-state index contributed by atoms with van der Waals surface area (Å²) in [6.45, 7) is 2.76. The van der Waals surface area contributed by atoms with Crippen LogP contribution in [0, 0.1) is 0 Å². The molecule has 2 heterocycles. The lowest BCUT2D eigenvalue weighted by molar-refractivity contribution is -0.690. The van der Waals surface area contributed by atoms with Crippen LogP contribution in [0.5, 0.6) is 11.5 Å². The molecule has 1 fully saturated rings. The van der Waals surface area contributed by atoms with Gasteiger partial charge in [0.25, 0.3) is 5.91 Å². The Morgan fingerprint density at radius 2 is 1.90 bits per heavy atom. The Hall–Kier alpha value is -3.39. The molecule has 0 bridgehead atoms. The molecule has 1 saturated heterocycles. The number of amides is 2. The van der Waals surface area contributed by atoms with Crippen molar-refractivity contribution in [1.29, 1.82) is 0 Å². The smallest absolute Gasteiger partial charge is 0.338 e. The molecule has 2 aromatic rings. The predicted molar refractivity (Wildman–Crippen MR) is 101 cm³/mol. The van der Waals surface area contributed by atoms with Gasteiger partial charge in [-0.2, -0.15) is 0 Å². The Morgan fingerprint density at radius 1 is 1.14 bits per heavy atom. The summed E-state index contributed by atoms with van der Waals surface area (Å²) >= 11 is 0. The lowest BCUT2D eigenvalue weighted by atomic mass is 10.1. The molecule has 0 aliphatic carbocycles. The summed E-state index contributed by atoms with van der Waals surface area (Å²) in [6, 6.07) is 11.4. The molecule has 0 spiro atoms. The van der Waals surface area contributed by atoms with E-state index in [1.54, 1.807) is 31.2 Å². The van der Waals surface area contributed by atoms with Gasteiger partial charge in [0, 0.05) is 5.56 Å². The van der Waals surface area contributed by atoms with Crippen molar-refractivity contribution >= 4 is 23.5 Å². The lowest BCUT2D eigenvalue weighted by Gasteiger charge is -2.14. The van der Waals surface area contributed by atoms with E-state index in [2.05, 4.69) is 0 Å². The van der Waals surface area contributed by atoms with Crippen molar-refractivity contribution in [3.05, 3.63) is 53.6 Å². The Morgan fingerprint density at radius 3 is 2.66 bits per heavy atom. The highest BCUT2D eigenvalue weighted by Gasteiger charge is 2.42. The van der Waals surface area contributed by atoms with Crippen molar-refractivity contribution in [3.63, 3.8) is 0 Å². The fourth-order valence-electron chi connectivity index (χ4n) is 3.42. The van der Waals surface area contributed by atoms with Gasteiger partial charge in [0.2, 0.25) is 12.7 Å². The number of anilines is 1. The Bertz CT molecular complexity index is 956. The number of hydrogen-bond donors (Lipinski definition) is 1. The van der Waals surface area contributed by atoms with E-state index in [1.165, 1.54) is 4.90 Å². The molecule has 2 aliphatic rings. The van der Waals surface area contributed by atoms with Crippen LogP contribution >= 0.6 is 0 Å². The van der Waals surface area contributed by atoms with Gasteiger partial charge in [0.1, 0.15) is 6.54 Å². The van der Waals surface area contributed by atoms with Crippen molar-refractivity contribution < 1.29 is 33.9 Å². The molecular formula is C21H21N2O6+. The molecule has 8 nitrogen and oxygen atoms in total. The molecule has 0 aromatic heterocycles. The van der Waals surface area contributed by atoms with E-state index in [0.29, 0.717) is 29.3 Å². The van der Waals surface area contributed by atoms with E-state index >= 15 is 0 Å². The van der Waals surface area contributed by atoms with Crippen molar-refractivity contribution in [1.82, 2.24) is 0 Å². The van der Waals surface area contributed by atoms with E-state index in [4.69, 9.17) is 14.2 Å². The average molecular weight is 397 g/mol. The Labute approximate surface area is 167 Å². The summed E-state index contributed by atoms with van der Waals surface area (Å²) in [5, 5.41) is 1.85. The third kappa shape index (κ3) is 3.79. The number of nitrogens with two attached hydrogens (primary N) is 1. The van der Waals surface area contributed by atoms with Crippen molar-refractivity contribution in [2.75, 3.05) is 18.3 Å². The number of rotatable bonds is 6. The normalized spacial score (nSPS) is 17.7. The SMILES string of the molecule is CCOC(=O)c1ccc(N2C(=O)C[C@H]([NH2+]Cc3ccc4c(c3)OCO4)C2=O)cc1. The standard InChI is InChI=1S/C21H20N2O6/c1-2-27-21(26)14-4-6-15(7-5-14)23-19(24)10-16(20(23)25)22-11-13-3-8-17-18(9-13)29-12-28-17/h3-9,16,22H,2,10-12H2,1H3/p+1/t16-/m0/s1. The van der Waals surface area contributed by atoms with E-state index in [1.807, 2.05) is 23.5 Å². The first-order valence-electron chi connectivity index (χ1n) is 9.42. The summed E-state index contributed by atoms with van der Waals surface area (Å²) in [7, 11) is 0. The highest BCUT2D eigenvalue weighted by molar-refractivity contribution is 6.21. The first-order chi connectivity index (χ1) is 14.1. The molecule has 0 unspecified atom stereocenters. The third-order valence-corrected chi connectivity index (χ3v) is 4.89. The number of ether oxygens (including phenoxy) is 3. The van der Waals surface area contributed by atoms with Crippen LogP contribution in [-0.2, 0) is 20.9 Å². The highest BCUT2D eigenvalue weighted by atomic mass is 16.7. The maximum atomic E-state index is 12.8. The van der Waals surface area contributed by atoms with Gasteiger partial charge in [0.05, 0.1) is 24.3 Å². The second-order valence-electron chi connectivity index (χ2n) is 6.77. The van der Waals surface area contributed by atoms with E-state index < -0.39 is 12.0 Å². The zero-order valence-corrected chi connectivity index (χ0v) is 15.9. The van der Waals surface area contributed by atoms with E-state index in [9.17, 15) is 14.4 Å². The van der Waals surface area contributed by atoms with Crippen molar-refractivity contribution in [3.8, 4) is 11.5 Å². The van der Waals surface area contributed by atoms with Crippen LogP contribution in [0.25, 0.3) is 0 Å². The third-order valence-electron chi connectivity index (χ3n) is 4.89. The van der Waals surface area contributed by atoms with Crippen molar-refractivity contribution in [2.45, 2.75) is 25.9 Å². The fraction of sp³-hybridized carbons (Fsp3) is 0.286. The summed E-state index contributed by atoms with van der Waals surface area (Å²) < 4.78 is 15.6. The molecule has 29 heavy (non-hydrogen) atoms. The summed E-state index contributed by atoms with van der Waals surface area (Å²) in [5.41, 5.74) is 1.80. The Balaban J connectivity index is 1.41. The first kappa shape index (κ1) is 18.9. The van der Waals surface area contributed by atoms with Gasteiger partial charge < -0.3 is 19.5 Å². The van der Waals surface area contributed by atoms with Crippen LogP contribution in [0.2, 0.25) is 0 Å². The van der Waals surface area contributed by atoms with Crippen LogP contribution in [0.3, 0.4) is 0 Å². The maximum absolute atomic E-state index is 12.8. The fourth-order valence-corrected chi connectivity index (χ4v) is 3.42. The average Bonchev–Trinajstić information content (AvgIpc) is 3.30. The minimum absolute atomic E-state index is 0.128. The Kier molecular flexibility index (Phi) is 5.18. The van der Waals surface area contributed by atoms with Gasteiger partial charge in [-0.3, -0.25) is 9.59 Å². The van der Waals surface area contributed by atoms with Crippen LogP contribution in [0.1, 0.15) is 29.3 Å². The van der Waals surface area contributed by atoms with Gasteiger partial charge in [-0.05, 0) is 49.4 Å². The minimum atomic E-state index is -0.488. The van der Waals surface area contributed by atoms with Gasteiger partial charge in [0.15, 0.2) is 17.5 Å². The molecule has 2 amide bonds. The monoisotopic (exact) mass is 397 g/mol. The van der Waals surface area contributed by atoms with Gasteiger partial charge in [-0.15, -0.1) is 0 Å². The molecule has 0 radical (unpaired) electrons. The minimum Gasteiger partial charge on any atom is -0.462 e. The predicted octanol–water partition coefficient (Wildman–Crippen LogP) is 0.988. The van der Waals surface area contributed by atoms with Gasteiger partial charge in [-0.25, -0.2) is 9.69 Å². The van der Waals surface area contributed by atoms with Crippen LogP contribution < -0.4 is 19.7 Å². The number of hydrogen-bond acceptors (Lipinski definition) is 6. The number of esters is 1. The molecule has 0 saturated carbocycles. The number of fused-ring (bicyclic) bond motifs is 1. The molecule has 8 heteroatoms. The maximum Gasteiger partial charge on any atom is 0.338 e. The van der Waals surface area contributed by atoms with E-state index in [0.717, 1.165) is 5.56 Å². The summed E-state index contributed by atoms with van der Waals surface area (Å²) in [6.07, 6.45) is 0.128. The van der Waals surface area contributed by atoms with Gasteiger partial charge >= 0.3 is 5.97 Å². The molecule has 150 valence electrons. The van der Waals surface area contributed by atoms with Crippen LogP contribution in [-0.4, -0.2) is 37.2 Å². The first-order valence-corrected chi connectivity index (χ1v) is 9.42. The largest absolute Gasteiger partial charge is 0.462 e. The number of imide groups is 1. The number of quaternary nitrogens is 1. The quantitative estimate of drug-likeness (QED) is 0.577. The molecule has 2 aromatic carbocycles. The number of carbonyl (C=O) groups is 3. The van der Waals surface area contributed by atoms with E-state index in [-0.39, 0.29) is 31.6 Å².